The molecule has 0 spiro atoms. The Hall–Kier alpha value is -0.930. The molecule has 15 heavy (non-hydrogen) atoms. The first-order valence-electron chi connectivity index (χ1n) is 5.50. The largest absolute Gasteiger partial charge is 0.387 e. The van der Waals surface area contributed by atoms with Crippen LogP contribution in [0.2, 0.25) is 0 Å². The van der Waals surface area contributed by atoms with Gasteiger partial charge in [-0.1, -0.05) is 19.4 Å². The van der Waals surface area contributed by atoms with Gasteiger partial charge in [-0.3, -0.25) is 4.98 Å². The third kappa shape index (κ3) is 4.40. The molecule has 0 saturated carbocycles. The van der Waals surface area contributed by atoms with Gasteiger partial charge in [-0.2, -0.15) is 0 Å². The van der Waals surface area contributed by atoms with Crippen molar-refractivity contribution in [2.75, 3.05) is 20.1 Å². The van der Waals surface area contributed by atoms with Crippen molar-refractivity contribution < 1.29 is 5.11 Å². The molecule has 1 heterocycles. The number of rotatable bonds is 6. The van der Waals surface area contributed by atoms with Crippen LogP contribution in [0.1, 0.15) is 31.4 Å². The van der Waals surface area contributed by atoms with Gasteiger partial charge in [-0.05, 0) is 26.1 Å². The number of aliphatic hydroxyl groups is 1. The molecule has 1 aromatic heterocycles. The molecule has 0 radical (unpaired) electrons. The SMILES string of the molecule is CCCCN(C)CC(O)c1cccnc1. The van der Waals surface area contributed by atoms with Gasteiger partial charge in [0.2, 0.25) is 0 Å². The predicted molar refractivity (Wildman–Crippen MR) is 61.6 cm³/mol. The molecule has 3 nitrogen and oxygen atoms in total. The van der Waals surface area contributed by atoms with Crippen molar-refractivity contribution in [3.05, 3.63) is 30.1 Å². The van der Waals surface area contributed by atoms with Crippen molar-refractivity contribution in [3.8, 4) is 0 Å². The van der Waals surface area contributed by atoms with Crippen LogP contribution in [0.25, 0.3) is 0 Å². The van der Waals surface area contributed by atoms with Gasteiger partial charge in [0, 0.05) is 24.5 Å². The van der Waals surface area contributed by atoms with Gasteiger partial charge in [0.15, 0.2) is 0 Å². The second-order valence-corrected chi connectivity index (χ2v) is 3.92. The van der Waals surface area contributed by atoms with Crippen molar-refractivity contribution in [1.29, 1.82) is 0 Å². The van der Waals surface area contributed by atoms with E-state index < -0.39 is 6.10 Å². The zero-order valence-corrected chi connectivity index (χ0v) is 9.56. The lowest BCUT2D eigenvalue weighted by Gasteiger charge is -2.20. The Morgan fingerprint density at radius 1 is 1.53 bits per heavy atom. The van der Waals surface area contributed by atoms with Crippen molar-refractivity contribution in [1.82, 2.24) is 9.88 Å². The summed E-state index contributed by atoms with van der Waals surface area (Å²) >= 11 is 0. The summed E-state index contributed by atoms with van der Waals surface area (Å²) in [6, 6.07) is 3.76. The summed E-state index contributed by atoms with van der Waals surface area (Å²) in [4.78, 5) is 6.15. The highest BCUT2D eigenvalue weighted by Crippen LogP contribution is 2.11. The lowest BCUT2D eigenvalue weighted by molar-refractivity contribution is 0.126. The summed E-state index contributed by atoms with van der Waals surface area (Å²) in [6.45, 7) is 3.88. The van der Waals surface area contributed by atoms with E-state index in [9.17, 15) is 5.11 Å². The highest BCUT2D eigenvalue weighted by Gasteiger charge is 2.09. The first-order valence-corrected chi connectivity index (χ1v) is 5.50. The third-order valence-electron chi connectivity index (χ3n) is 2.45. The first kappa shape index (κ1) is 12.1. The molecule has 1 unspecified atom stereocenters. The Balaban J connectivity index is 2.38. The van der Waals surface area contributed by atoms with Gasteiger partial charge in [0.25, 0.3) is 0 Å². The summed E-state index contributed by atoms with van der Waals surface area (Å²) in [6.07, 6.45) is 5.37. The second-order valence-electron chi connectivity index (χ2n) is 3.92. The van der Waals surface area contributed by atoms with Crippen LogP contribution in [0, 0.1) is 0 Å². The molecule has 1 atom stereocenters. The molecule has 0 aliphatic heterocycles. The summed E-state index contributed by atoms with van der Waals surface area (Å²) in [5.41, 5.74) is 0.890. The minimum absolute atomic E-state index is 0.430. The fourth-order valence-corrected chi connectivity index (χ4v) is 1.49. The van der Waals surface area contributed by atoms with Crippen LogP contribution < -0.4 is 0 Å². The highest BCUT2D eigenvalue weighted by molar-refractivity contribution is 5.11. The van der Waals surface area contributed by atoms with Gasteiger partial charge >= 0.3 is 0 Å². The minimum atomic E-state index is -0.430. The van der Waals surface area contributed by atoms with Crippen molar-refractivity contribution in [2.45, 2.75) is 25.9 Å². The van der Waals surface area contributed by atoms with E-state index in [4.69, 9.17) is 0 Å². The maximum Gasteiger partial charge on any atom is 0.0931 e. The van der Waals surface area contributed by atoms with Gasteiger partial charge < -0.3 is 10.0 Å². The molecule has 1 N–H and O–H groups in total. The van der Waals surface area contributed by atoms with Crippen LogP contribution in [0.5, 0.6) is 0 Å². The maximum absolute atomic E-state index is 9.91. The Morgan fingerprint density at radius 3 is 2.93 bits per heavy atom. The molecular formula is C12H20N2O. The monoisotopic (exact) mass is 208 g/mol. The minimum Gasteiger partial charge on any atom is -0.387 e. The Bertz CT molecular complexity index is 264. The standard InChI is InChI=1S/C12H20N2O/c1-3-4-8-14(2)10-12(15)11-6-5-7-13-9-11/h5-7,9,12,15H,3-4,8,10H2,1-2H3. The quantitative estimate of drug-likeness (QED) is 0.775. The summed E-state index contributed by atoms with van der Waals surface area (Å²) in [5, 5.41) is 9.91. The van der Waals surface area contributed by atoms with Gasteiger partial charge in [0.1, 0.15) is 0 Å². The van der Waals surface area contributed by atoms with Gasteiger partial charge in [-0.25, -0.2) is 0 Å². The third-order valence-corrected chi connectivity index (χ3v) is 2.45. The fourth-order valence-electron chi connectivity index (χ4n) is 1.49. The zero-order valence-electron chi connectivity index (χ0n) is 9.56. The molecule has 0 aliphatic carbocycles. The number of hydrogen-bond acceptors (Lipinski definition) is 3. The molecule has 0 bridgehead atoms. The molecule has 1 rings (SSSR count). The summed E-state index contributed by atoms with van der Waals surface area (Å²) < 4.78 is 0. The molecule has 3 heteroatoms. The van der Waals surface area contributed by atoms with E-state index in [2.05, 4.69) is 16.8 Å². The number of hydrogen-bond donors (Lipinski definition) is 1. The first-order chi connectivity index (χ1) is 7.24. The van der Waals surface area contributed by atoms with E-state index in [1.165, 1.54) is 12.8 Å². The second kappa shape index (κ2) is 6.53. The number of aromatic nitrogens is 1. The Kier molecular flexibility index (Phi) is 5.29. The van der Waals surface area contributed by atoms with Crippen LogP contribution in [0.3, 0.4) is 0 Å². The van der Waals surface area contributed by atoms with Crippen molar-refractivity contribution >= 4 is 0 Å². The van der Waals surface area contributed by atoms with Crippen molar-refractivity contribution in [2.24, 2.45) is 0 Å². The lowest BCUT2D eigenvalue weighted by Crippen LogP contribution is -2.25. The topological polar surface area (TPSA) is 36.4 Å². The van der Waals surface area contributed by atoms with Crippen LogP contribution in [0.15, 0.2) is 24.5 Å². The smallest absolute Gasteiger partial charge is 0.0931 e. The summed E-state index contributed by atoms with van der Waals surface area (Å²) in [7, 11) is 2.04. The summed E-state index contributed by atoms with van der Waals surface area (Å²) in [5.74, 6) is 0. The molecule has 0 aromatic carbocycles. The van der Waals surface area contributed by atoms with Gasteiger partial charge in [-0.15, -0.1) is 0 Å². The predicted octanol–water partition coefficient (Wildman–Crippen LogP) is 1.85. The van der Waals surface area contributed by atoms with Crippen LogP contribution in [-0.4, -0.2) is 35.1 Å². The van der Waals surface area contributed by atoms with E-state index in [0.717, 1.165) is 12.1 Å². The lowest BCUT2D eigenvalue weighted by atomic mass is 10.1. The molecule has 0 aliphatic rings. The van der Waals surface area contributed by atoms with Crippen LogP contribution >= 0.6 is 0 Å². The number of likely N-dealkylation sites (N-methyl/N-ethyl adjacent to an activating group) is 1. The molecule has 0 saturated heterocycles. The molecule has 0 amide bonds. The van der Waals surface area contributed by atoms with Crippen LogP contribution in [-0.2, 0) is 0 Å². The number of nitrogens with zero attached hydrogens (tertiary/aromatic N) is 2. The van der Waals surface area contributed by atoms with Crippen molar-refractivity contribution in [3.63, 3.8) is 0 Å². The molecule has 0 fully saturated rings. The Morgan fingerprint density at radius 2 is 2.33 bits per heavy atom. The molecular weight excluding hydrogens is 188 g/mol. The van der Waals surface area contributed by atoms with Crippen LogP contribution in [0.4, 0.5) is 0 Å². The number of unbranched alkanes of at least 4 members (excludes halogenated alkanes) is 1. The zero-order chi connectivity index (χ0) is 11.1. The maximum atomic E-state index is 9.91. The molecule has 84 valence electrons. The van der Waals surface area contributed by atoms with E-state index >= 15 is 0 Å². The van der Waals surface area contributed by atoms with E-state index in [1.54, 1.807) is 12.4 Å². The number of pyridine rings is 1. The van der Waals surface area contributed by atoms with E-state index in [1.807, 2.05) is 19.2 Å². The molecule has 1 aromatic rings. The fraction of sp³-hybridized carbons (Fsp3) is 0.583. The highest BCUT2D eigenvalue weighted by atomic mass is 16.3. The van der Waals surface area contributed by atoms with E-state index in [0.29, 0.717) is 6.54 Å². The van der Waals surface area contributed by atoms with Gasteiger partial charge in [0.05, 0.1) is 6.10 Å². The normalized spacial score (nSPS) is 13.1. The average molecular weight is 208 g/mol. The number of aliphatic hydroxyl groups excluding tert-OH is 1. The Labute approximate surface area is 91.8 Å². The van der Waals surface area contributed by atoms with E-state index in [-0.39, 0.29) is 0 Å². The average Bonchev–Trinajstić information content (AvgIpc) is 2.27.